The summed E-state index contributed by atoms with van der Waals surface area (Å²) in [7, 11) is -1.84. The van der Waals surface area contributed by atoms with E-state index in [9.17, 15) is 14.7 Å². The maximum Gasteiger partial charge on any atom is 0.408 e. The molecule has 6 nitrogen and oxygen atoms in total. The number of nitrogens with two attached hydrogens (primary N) is 1. The van der Waals surface area contributed by atoms with Crippen molar-refractivity contribution in [2.24, 2.45) is 5.73 Å². The molecule has 0 rings (SSSR count). The van der Waals surface area contributed by atoms with E-state index < -0.39 is 31.3 Å². The Morgan fingerprint density at radius 1 is 1.30 bits per heavy atom. The van der Waals surface area contributed by atoms with E-state index in [1.165, 1.54) is 0 Å². The van der Waals surface area contributed by atoms with Crippen molar-refractivity contribution in [2.75, 3.05) is 6.54 Å². The summed E-state index contributed by atoms with van der Waals surface area (Å²) in [5.41, 5.74) is 3.26. The zero-order valence-corrected chi connectivity index (χ0v) is 14.5. The average Bonchev–Trinajstić information content (AvgIpc) is 2.20. The van der Waals surface area contributed by atoms with Gasteiger partial charge in [-0.15, -0.1) is 0 Å². The minimum atomic E-state index is -1.84. The molecule has 20 heavy (non-hydrogen) atoms. The minimum absolute atomic E-state index is 0.174. The number of carboxylic acids is 1. The number of hydrogen-bond acceptors (Lipinski definition) is 4. The van der Waals surface area contributed by atoms with Crippen molar-refractivity contribution in [1.82, 2.24) is 5.32 Å². The summed E-state index contributed by atoms with van der Waals surface area (Å²) in [6, 6.07) is 0. The lowest BCUT2D eigenvalue weighted by molar-refractivity contribution is -0.144. The zero-order chi connectivity index (χ0) is 16.4. The third-order valence-electron chi connectivity index (χ3n) is 3.47. The van der Waals surface area contributed by atoms with Gasteiger partial charge in [-0.1, -0.05) is 26.6 Å². The Labute approximate surface area is 122 Å². The van der Waals surface area contributed by atoms with Crippen molar-refractivity contribution in [3.05, 3.63) is 0 Å². The van der Waals surface area contributed by atoms with Crippen LogP contribution in [0.1, 0.15) is 27.7 Å². The molecule has 1 amide bonds. The molecule has 0 aromatic heterocycles. The Bertz CT molecular complexity index is 374. The van der Waals surface area contributed by atoms with E-state index in [0.29, 0.717) is 0 Å². The highest BCUT2D eigenvalue weighted by molar-refractivity contribution is 6.78. The van der Waals surface area contributed by atoms with Crippen LogP contribution < -0.4 is 11.1 Å². The third-order valence-corrected chi connectivity index (χ3v) is 6.56. The predicted molar refractivity (Wildman–Crippen MR) is 81.6 cm³/mol. The lowest BCUT2D eigenvalue weighted by Crippen LogP contribution is -2.65. The summed E-state index contributed by atoms with van der Waals surface area (Å²) < 4.78 is 5.15. The van der Waals surface area contributed by atoms with Gasteiger partial charge in [0.05, 0.1) is 8.07 Å². The number of carboxylic acid groups (broad SMARTS) is 1. The second-order valence-electron chi connectivity index (χ2n) is 7.20. The van der Waals surface area contributed by atoms with Crippen LogP contribution in [0.25, 0.3) is 0 Å². The van der Waals surface area contributed by atoms with Gasteiger partial charge in [0.2, 0.25) is 0 Å². The maximum atomic E-state index is 11.9. The molecule has 4 N–H and O–H groups in total. The zero-order valence-electron chi connectivity index (χ0n) is 13.5. The number of ether oxygens (including phenoxy) is 1. The summed E-state index contributed by atoms with van der Waals surface area (Å²) in [4.78, 5) is 23.6. The van der Waals surface area contributed by atoms with Crippen LogP contribution in [0.5, 0.6) is 0 Å². The number of alkyl carbamates (subject to hydrolysis) is 1. The van der Waals surface area contributed by atoms with E-state index in [0.717, 1.165) is 0 Å². The molecule has 2 atom stereocenters. The average molecular weight is 304 g/mol. The number of hydrogen-bond donors (Lipinski definition) is 3. The van der Waals surface area contributed by atoms with Crippen LogP contribution in [0.3, 0.4) is 0 Å². The van der Waals surface area contributed by atoms with Gasteiger partial charge < -0.3 is 20.9 Å². The van der Waals surface area contributed by atoms with Crippen molar-refractivity contribution >= 4 is 20.1 Å². The second-order valence-corrected chi connectivity index (χ2v) is 12.8. The fourth-order valence-electron chi connectivity index (χ4n) is 1.89. The summed E-state index contributed by atoms with van der Waals surface area (Å²) in [6.45, 7) is 12.9. The van der Waals surface area contributed by atoms with E-state index >= 15 is 0 Å². The smallest absolute Gasteiger partial charge is 0.408 e. The molecule has 1 unspecified atom stereocenters. The molecule has 118 valence electrons. The quantitative estimate of drug-likeness (QED) is 0.674. The molecule has 0 aliphatic heterocycles. The lowest BCUT2D eigenvalue weighted by atomic mass is 9.96. The van der Waals surface area contributed by atoms with Gasteiger partial charge in [0.25, 0.3) is 0 Å². The van der Waals surface area contributed by atoms with Crippen LogP contribution in [0.2, 0.25) is 25.2 Å². The first-order valence-electron chi connectivity index (χ1n) is 6.71. The van der Waals surface area contributed by atoms with Crippen LogP contribution in [-0.4, -0.2) is 42.9 Å². The van der Waals surface area contributed by atoms with Gasteiger partial charge in [-0.2, -0.15) is 0 Å². The highest BCUT2D eigenvalue weighted by atomic mass is 28.3. The van der Waals surface area contributed by atoms with Crippen LogP contribution >= 0.6 is 0 Å². The molecule has 7 heteroatoms. The summed E-state index contributed by atoms with van der Waals surface area (Å²) >= 11 is 0. The molecule has 0 aliphatic rings. The van der Waals surface area contributed by atoms with Crippen molar-refractivity contribution in [2.45, 2.75) is 64.0 Å². The molecule has 0 aliphatic carbocycles. The molecule has 0 aromatic carbocycles. The van der Waals surface area contributed by atoms with E-state index in [1.807, 2.05) is 26.6 Å². The number of carbonyl (C=O) groups excluding carboxylic acids is 1. The Hall–Kier alpha value is -1.08. The van der Waals surface area contributed by atoms with Crippen LogP contribution in [-0.2, 0) is 9.53 Å². The number of aliphatic carboxylic acids is 1. The molecule has 0 heterocycles. The van der Waals surface area contributed by atoms with Crippen LogP contribution in [0.15, 0.2) is 0 Å². The summed E-state index contributed by atoms with van der Waals surface area (Å²) in [5, 5.41) is 12.1. The first kappa shape index (κ1) is 18.9. The standard InChI is InChI=1S/C13H28N2O4Si/c1-9(20(5,6)7)13(8-14,10(16)17)15-11(18)19-12(2,3)4/h9H,8,14H2,1-7H3,(H,15,18)(H,16,17)/t9?,13-/m0/s1. The van der Waals surface area contributed by atoms with Crippen molar-refractivity contribution in [3.63, 3.8) is 0 Å². The first-order valence-corrected chi connectivity index (χ1v) is 10.3. The summed E-state index contributed by atoms with van der Waals surface area (Å²) in [6.07, 6.45) is -0.754. The fourth-order valence-corrected chi connectivity index (χ4v) is 3.68. The van der Waals surface area contributed by atoms with Gasteiger partial charge >= 0.3 is 12.1 Å². The van der Waals surface area contributed by atoms with Gasteiger partial charge in [-0.05, 0) is 26.3 Å². The highest BCUT2D eigenvalue weighted by Crippen LogP contribution is 2.33. The number of nitrogens with one attached hydrogen (secondary N) is 1. The van der Waals surface area contributed by atoms with Gasteiger partial charge in [0.1, 0.15) is 5.60 Å². The van der Waals surface area contributed by atoms with Crippen molar-refractivity contribution in [3.8, 4) is 0 Å². The Balaban J connectivity index is 5.38. The molecule has 0 spiro atoms. The van der Waals surface area contributed by atoms with E-state index in [2.05, 4.69) is 5.32 Å². The molecule has 0 bridgehead atoms. The van der Waals surface area contributed by atoms with Gasteiger partial charge in [-0.25, -0.2) is 9.59 Å². The topological polar surface area (TPSA) is 102 Å². The third kappa shape index (κ3) is 4.79. The Morgan fingerprint density at radius 2 is 1.75 bits per heavy atom. The molecule has 0 fully saturated rings. The van der Waals surface area contributed by atoms with Crippen LogP contribution in [0.4, 0.5) is 4.79 Å². The lowest BCUT2D eigenvalue weighted by Gasteiger charge is -2.41. The number of rotatable bonds is 5. The molecular formula is C13H28N2O4Si. The predicted octanol–water partition coefficient (Wildman–Crippen LogP) is 2.02. The largest absolute Gasteiger partial charge is 0.479 e. The van der Waals surface area contributed by atoms with E-state index in [-0.39, 0.29) is 12.1 Å². The SMILES string of the molecule is CC([C@](CN)(NC(=O)OC(C)(C)C)C(=O)O)[Si](C)(C)C. The molecule has 0 radical (unpaired) electrons. The Kier molecular flexibility index (Phi) is 5.80. The fraction of sp³-hybridized carbons (Fsp3) is 0.846. The monoisotopic (exact) mass is 304 g/mol. The van der Waals surface area contributed by atoms with Crippen molar-refractivity contribution in [1.29, 1.82) is 0 Å². The van der Waals surface area contributed by atoms with E-state index in [1.54, 1.807) is 20.8 Å². The number of amides is 1. The number of carbonyl (C=O) groups is 2. The Morgan fingerprint density at radius 3 is 2.00 bits per heavy atom. The van der Waals surface area contributed by atoms with Gasteiger partial charge in [-0.3, -0.25) is 0 Å². The normalized spacial score (nSPS) is 17.0. The molecule has 0 saturated carbocycles. The minimum Gasteiger partial charge on any atom is -0.479 e. The first-order chi connectivity index (χ1) is 8.76. The second kappa shape index (κ2) is 6.13. The van der Waals surface area contributed by atoms with Gasteiger partial charge in [0, 0.05) is 6.54 Å². The molecule has 0 aromatic rings. The highest BCUT2D eigenvalue weighted by Gasteiger charge is 2.49. The molecular weight excluding hydrogens is 276 g/mol. The van der Waals surface area contributed by atoms with Crippen LogP contribution in [0, 0.1) is 0 Å². The molecule has 0 saturated heterocycles. The van der Waals surface area contributed by atoms with E-state index in [4.69, 9.17) is 10.5 Å². The maximum absolute atomic E-state index is 11.9. The van der Waals surface area contributed by atoms with Crippen molar-refractivity contribution < 1.29 is 19.4 Å². The summed E-state index contributed by atoms with van der Waals surface area (Å²) in [5.74, 6) is -1.12. The van der Waals surface area contributed by atoms with Gasteiger partial charge in [0.15, 0.2) is 5.54 Å².